The largest absolute Gasteiger partial charge is 0.493 e. The minimum atomic E-state index is -3.83. The van der Waals surface area contributed by atoms with Gasteiger partial charge in [0.2, 0.25) is 5.91 Å². The number of amides is 1. The molecule has 0 fully saturated rings. The van der Waals surface area contributed by atoms with Gasteiger partial charge in [0.25, 0.3) is 10.0 Å². The highest BCUT2D eigenvalue weighted by Crippen LogP contribution is 2.44. The first kappa shape index (κ1) is 18.8. The minimum absolute atomic E-state index is 0.148. The molecule has 0 saturated carbocycles. The Kier molecular flexibility index (Phi) is 5.35. The van der Waals surface area contributed by atoms with Crippen molar-refractivity contribution in [2.75, 3.05) is 10.9 Å². The molecule has 1 unspecified atom stereocenters. The topological polar surface area (TPSA) is 95.9 Å². The number of benzene rings is 2. The minimum Gasteiger partial charge on any atom is -0.493 e. The molecule has 2 aromatic rings. The summed E-state index contributed by atoms with van der Waals surface area (Å²) in [6.07, 6.45) is 5.44. The zero-order valence-corrected chi connectivity index (χ0v) is 15.1. The summed E-state index contributed by atoms with van der Waals surface area (Å²) in [5.74, 6) is 2.36. The molecule has 3 rings (SSSR count). The summed E-state index contributed by atoms with van der Waals surface area (Å²) in [5, 5.41) is 8.87. The zero-order valence-electron chi connectivity index (χ0n) is 14.3. The van der Waals surface area contributed by atoms with Gasteiger partial charge in [0, 0.05) is 6.42 Å². The highest BCUT2D eigenvalue weighted by Gasteiger charge is 2.43. The summed E-state index contributed by atoms with van der Waals surface area (Å²) in [6, 6.07) is 12.3. The van der Waals surface area contributed by atoms with Crippen LogP contribution in [0.4, 0.5) is 5.69 Å². The number of carbonyl (C=O) groups excluding carboxylic acids is 1. The first-order valence-electron chi connectivity index (χ1n) is 8.21. The number of hydroxylamine groups is 1. The van der Waals surface area contributed by atoms with E-state index in [9.17, 15) is 13.2 Å². The van der Waals surface area contributed by atoms with Crippen LogP contribution in [0.5, 0.6) is 5.75 Å². The van der Waals surface area contributed by atoms with Crippen LogP contribution in [0.3, 0.4) is 0 Å². The van der Waals surface area contributed by atoms with Gasteiger partial charge in [-0.25, -0.2) is 13.9 Å². The quantitative estimate of drug-likeness (QED) is 0.344. The number of nitrogens with zero attached hydrogens (tertiary/aromatic N) is 1. The van der Waals surface area contributed by atoms with Crippen LogP contribution >= 0.6 is 0 Å². The second kappa shape index (κ2) is 7.70. The molecule has 0 aliphatic carbocycles. The number of hydrogen-bond donors (Lipinski definition) is 2. The molecular formula is C19H18N2O5S. The van der Waals surface area contributed by atoms with E-state index in [1.54, 1.807) is 47.9 Å². The summed E-state index contributed by atoms with van der Waals surface area (Å²) in [4.78, 5) is 11.9. The third-order valence-corrected chi connectivity index (χ3v) is 6.12. The van der Waals surface area contributed by atoms with Gasteiger partial charge in [0.1, 0.15) is 5.75 Å². The van der Waals surface area contributed by atoms with Gasteiger partial charge < -0.3 is 4.74 Å². The molecule has 0 bridgehead atoms. The van der Waals surface area contributed by atoms with Crippen molar-refractivity contribution >= 4 is 21.6 Å². The van der Waals surface area contributed by atoms with Gasteiger partial charge in [-0.3, -0.25) is 14.3 Å². The van der Waals surface area contributed by atoms with Crippen molar-refractivity contribution in [2.45, 2.75) is 23.8 Å². The first-order valence-corrected chi connectivity index (χ1v) is 9.65. The fourth-order valence-corrected chi connectivity index (χ4v) is 4.93. The van der Waals surface area contributed by atoms with Crippen molar-refractivity contribution in [1.82, 2.24) is 5.48 Å². The van der Waals surface area contributed by atoms with Crippen molar-refractivity contribution in [3.63, 3.8) is 0 Å². The Morgan fingerprint density at radius 1 is 1.22 bits per heavy atom. The van der Waals surface area contributed by atoms with Crippen molar-refractivity contribution in [3.8, 4) is 18.1 Å². The number of rotatable bonds is 6. The predicted octanol–water partition coefficient (Wildman–Crippen LogP) is 2.23. The van der Waals surface area contributed by atoms with Crippen LogP contribution in [-0.2, 0) is 14.8 Å². The van der Waals surface area contributed by atoms with E-state index in [0.29, 0.717) is 30.0 Å². The molecule has 8 heteroatoms. The monoisotopic (exact) mass is 386 g/mol. The summed E-state index contributed by atoms with van der Waals surface area (Å²) in [7, 11) is -3.83. The standard InChI is InChI=1S/C19H18N2O5S/c1-2-3-12-26-15-10-8-14(9-11-15)21-17(13-19(22)20-23)16-6-4-5-7-18(16)27(21,24)25/h1,4-11,17,23H,3,12-13H2,(H,20,22). The molecule has 0 saturated heterocycles. The molecule has 2 aromatic carbocycles. The lowest BCUT2D eigenvalue weighted by molar-refractivity contribution is -0.129. The van der Waals surface area contributed by atoms with Gasteiger partial charge >= 0.3 is 0 Å². The van der Waals surface area contributed by atoms with E-state index in [1.807, 2.05) is 0 Å². The Hall–Kier alpha value is -3.02. The third kappa shape index (κ3) is 3.60. The zero-order chi connectivity index (χ0) is 19.4. The van der Waals surface area contributed by atoms with E-state index < -0.39 is 22.0 Å². The van der Waals surface area contributed by atoms with Gasteiger partial charge in [0.05, 0.1) is 29.7 Å². The molecule has 1 aliphatic heterocycles. The number of hydrogen-bond acceptors (Lipinski definition) is 5. The van der Waals surface area contributed by atoms with E-state index in [2.05, 4.69) is 5.92 Å². The van der Waals surface area contributed by atoms with Gasteiger partial charge in [-0.05, 0) is 35.9 Å². The van der Waals surface area contributed by atoms with Gasteiger partial charge in [0.15, 0.2) is 0 Å². The van der Waals surface area contributed by atoms with Crippen molar-refractivity contribution in [3.05, 3.63) is 54.1 Å². The maximum absolute atomic E-state index is 13.0. The number of anilines is 1. The van der Waals surface area contributed by atoms with Gasteiger partial charge in [-0.15, -0.1) is 12.3 Å². The molecule has 1 heterocycles. The number of carbonyl (C=O) groups is 1. The summed E-state index contributed by atoms with van der Waals surface area (Å²) < 4.78 is 32.7. The van der Waals surface area contributed by atoms with Crippen LogP contribution in [0.15, 0.2) is 53.4 Å². The van der Waals surface area contributed by atoms with Crippen LogP contribution in [0.25, 0.3) is 0 Å². The molecule has 0 spiro atoms. The molecule has 27 heavy (non-hydrogen) atoms. The second-order valence-corrected chi connectivity index (χ2v) is 7.67. The van der Waals surface area contributed by atoms with Crippen molar-refractivity contribution in [2.24, 2.45) is 0 Å². The SMILES string of the molecule is C#CCCOc1ccc(N2C(CC(=O)NO)c3ccccc3S2(=O)=O)cc1. The summed E-state index contributed by atoms with van der Waals surface area (Å²) >= 11 is 0. The Labute approximate surface area is 157 Å². The lowest BCUT2D eigenvalue weighted by atomic mass is 10.0. The van der Waals surface area contributed by atoms with Crippen LogP contribution in [0.2, 0.25) is 0 Å². The maximum Gasteiger partial charge on any atom is 0.265 e. The normalized spacial score (nSPS) is 17.0. The maximum atomic E-state index is 13.0. The number of terminal acetylenes is 1. The average Bonchev–Trinajstić information content (AvgIpc) is 2.90. The molecular weight excluding hydrogens is 368 g/mol. The van der Waals surface area contributed by atoms with Crippen LogP contribution in [-0.4, -0.2) is 26.1 Å². The number of fused-ring (bicyclic) bond motifs is 1. The molecule has 1 aliphatic rings. The summed E-state index contributed by atoms with van der Waals surface area (Å²) in [6.45, 7) is 0.364. The first-order chi connectivity index (χ1) is 13.0. The van der Waals surface area contributed by atoms with Crippen LogP contribution in [0.1, 0.15) is 24.4 Å². The van der Waals surface area contributed by atoms with E-state index >= 15 is 0 Å². The lowest BCUT2D eigenvalue weighted by Gasteiger charge is -2.25. The molecule has 0 aromatic heterocycles. The molecule has 1 amide bonds. The molecule has 7 nitrogen and oxygen atoms in total. The Morgan fingerprint density at radius 2 is 1.93 bits per heavy atom. The van der Waals surface area contributed by atoms with E-state index in [4.69, 9.17) is 16.4 Å². The number of nitrogens with one attached hydrogen (secondary N) is 1. The fraction of sp³-hybridized carbons (Fsp3) is 0.211. The smallest absolute Gasteiger partial charge is 0.265 e. The van der Waals surface area contributed by atoms with Gasteiger partial charge in [-0.1, -0.05) is 18.2 Å². The lowest BCUT2D eigenvalue weighted by Crippen LogP contribution is -2.32. The van der Waals surface area contributed by atoms with Gasteiger partial charge in [-0.2, -0.15) is 0 Å². The Bertz CT molecular complexity index is 980. The van der Waals surface area contributed by atoms with E-state index in [0.717, 1.165) is 0 Å². The highest BCUT2D eigenvalue weighted by molar-refractivity contribution is 7.93. The fourth-order valence-electron chi connectivity index (χ4n) is 3.04. The van der Waals surface area contributed by atoms with Crippen LogP contribution in [0, 0.1) is 12.3 Å². The summed E-state index contributed by atoms with van der Waals surface area (Å²) in [5.41, 5.74) is 2.47. The highest BCUT2D eigenvalue weighted by atomic mass is 32.2. The molecule has 140 valence electrons. The van der Waals surface area contributed by atoms with Crippen LogP contribution < -0.4 is 14.5 Å². The average molecular weight is 386 g/mol. The Balaban J connectivity index is 1.97. The van der Waals surface area contributed by atoms with Crippen molar-refractivity contribution < 1.29 is 23.2 Å². The number of sulfonamides is 1. The molecule has 0 radical (unpaired) electrons. The number of ether oxygens (including phenoxy) is 1. The predicted molar refractivity (Wildman–Crippen MR) is 98.8 cm³/mol. The Morgan fingerprint density at radius 3 is 2.59 bits per heavy atom. The van der Waals surface area contributed by atoms with E-state index in [-0.39, 0.29) is 11.3 Å². The van der Waals surface area contributed by atoms with E-state index in [1.165, 1.54) is 10.4 Å². The van der Waals surface area contributed by atoms with Crippen molar-refractivity contribution in [1.29, 1.82) is 0 Å². The third-order valence-electron chi connectivity index (χ3n) is 4.21. The molecule has 2 N–H and O–H groups in total. The second-order valence-electron chi connectivity index (χ2n) is 5.89. The molecule has 1 atom stereocenters.